The predicted octanol–water partition coefficient (Wildman–Crippen LogP) is 0.729. The molecule has 0 radical (unpaired) electrons. The molecule has 110 valence electrons. The maximum atomic E-state index is 11.3. The van der Waals surface area contributed by atoms with Gasteiger partial charge in [-0.25, -0.2) is 4.79 Å². The van der Waals surface area contributed by atoms with E-state index in [1.807, 2.05) is 0 Å². The van der Waals surface area contributed by atoms with Gasteiger partial charge in [0.2, 0.25) is 0 Å². The number of hydrogen-bond acceptors (Lipinski definition) is 7. The standard InChI is InChI=1S/C13H17NO5S/c1-7(15)20-6-11(16)12(17)9-4-3-8(5-10(9)14)13(18)19-2/h3-5,11-12,16-17H,6,14H2,1-2H3. The van der Waals surface area contributed by atoms with Crippen molar-refractivity contribution in [3.05, 3.63) is 29.3 Å². The number of ether oxygens (including phenoxy) is 1. The van der Waals surface area contributed by atoms with Gasteiger partial charge in [0.25, 0.3) is 0 Å². The number of nitrogen functional groups attached to an aromatic ring is 1. The Morgan fingerprint density at radius 3 is 2.55 bits per heavy atom. The molecule has 0 aliphatic heterocycles. The molecule has 2 atom stereocenters. The first-order valence-corrected chi connectivity index (χ1v) is 6.82. The Labute approximate surface area is 120 Å². The molecule has 4 N–H and O–H groups in total. The predicted molar refractivity (Wildman–Crippen MR) is 76.3 cm³/mol. The lowest BCUT2D eigenvalue weighted by molar-refractivity contribution is -0.109. The number of hydrogen-bond donors (Lipinski definition) is 3. The van der Waals surface area contributed by atoms with Gasteiger partial charge < -0.3 is 20.7 Å². The zero-order valence-corrected chi connectivity index (χ0v) is 12.0. The molecule has 0 aromatic heterocycles. The lowest BCUT2D eigenvalue weighted by Crippen LogP contribution is -2.22. The summed E-state index contributed by atoms with van der Waals surface area (Å²) in [6.45, 7) is 1.38. The summed E-state index contributed by atoms with van der Waals surface area (Å²) in [5.41, 5.74) is 6.49. The Hall–Kier alpha value is -1.57. The topological polar surface area (TPSA) is 110 Å². The molecule has 1 aromatic rings. The molecule has 7 heteroatoms. The molecule has 0 saturated carbocycles. The third-order valence-corrected chi connectivity index (χ3v) is 3.56. The van der Waals surface area contributed by atoms with E-state index in [1.54, 1.807) is 0 Å². The highest BCUT2D eigenvalue weighted by Crippen LogP contribution is 2.26. The number of carbonyl (C=O) groups is 2. The number of rotatable bonds is 5. The van der Waals surface area contributed by atoms with Crippen LogP contribution in [-0.2, 0) is 9.53 Å². The zero-order chi connectivity index (χ0) is 15.3. The molecule has 0 heterocycles. The van der Waals surface area contributed by atoms with Gasteiger partial charge in [-0.05, 0) is 12.1 Å². The molecule has 1 aromatic carbocycles. The molecule has 6 nitrogen and oxygen atoms in total. The molecule has 0 aliphatic carbocycles. The van der Waals surface area contributed by atoms with Crippen molar-refractivity contribution < 1.29 is 24.5 Å². The van der Waals surface area contributed by atoms with Gasteiger partial charge in [0.05, 0.1) is 18.8 Å². The molecule has 0 saturated heterocycles. The summed E-state index contributed by atoms with van der Waals surface area (Å²) in [6.07, 6.45) is -2.36. The van der Waals surface area contributed by atoms with E-state index in [0.717, 1.165) is 11.8 Å². The van der Waals surface area contributed by atoms with Crippen molar-refractivity contribution in [1.29, 1.82) is 0 Å². The van der Waals surface area contributed by atoms with Crippen LogP contribution in [0.3, 0.4) is 0 Å². The molecule has 0 spiro atoms. The number of aliphatic hydroxyl groups excluding tert-OH is 2. The molecule has 1 rings (SSSR count). The van der Waals surface area contributed by atoms with Gasteiger partial charge in [0.15, 0.2) is 5.12 Å². The van der Waals surface area contributed by atoms with Crippen molar-refractivity contribution in [2.24, 2.45) is 0 Å². The smallest absolute Gasteiger partial charge is 0.337 e. The van der Waals surface area contributed by atoms with Crippen molar-refractivity contribution in [3.63, 3.8) is 0 Å². The van der Waals surface area contributed by atoms with Crippen LogP contribution in [0.25, 0.3) is 0 Å². The van der Waals surface area contributed by atoms with Crippen LogP contribution in [0.4, 0.5) is 5.69 Å². The van der Waals surface area contributed by atoms with Crippen molar-refractivity contribution in [1.82, 2.24) is 0 Å². The van der Waals surface area contributed by atoms with Gasteiger partial charge >= 0.3 is 5.97 Å². The lowest BCUT2D eigenvalue weighted by Gasteiger charge is -2.19. The Bertz CT molecular complexity index is 506. The Morgan fingerprint density at radius 2 is 2.05 bits per heavy atom. The minimum Gasteiger partial charge on any atom is -0.465 e. The summed E-state index contributed by atoms with van der Waals surface area (Å²) >= 11 is 0.916. The van der Waals surface area contributed by atoms with Gasteiger partial charge in [-0.2, -0.15) is 0 Å². The lowest BCUT2D eigenvalue weighted by atomic mass is 10.0. The summed E-state index contributed by atoms with van der Waals surface area (Å²) < 4.78 is 4.56. The van der Waals surface area contributed by atoms with E-state index >= 15 is 0 Å². The van der Waals surface area contributed by atoms with Crippen molar-refractivity contribution in [2.75, 3.05) is 18.6 Å². The molecule has 0 bridgehead atoms. The number of thioether (sulfide) groups is 1. The number of esters is 1. The van der Waals surface area contributed by atoms with Crippen LogP contribution in [0.15, 0.2) is 18.2 Å². The quantitative estimate of drug-likeness (QED) is 0.543. The van der Waals surface area contributed by atoms with E-state index in [9.17, 15) is 19.8 Å². The van der Waals surface area contributed by atoms with Gasteiger partial charge in [-0.15, -0.1) is 0 Å². The van der Waals surface area contributed by atoms with Gasteiger partial charge in [-0.3, -0.25) is 4.79 Å². The molecule has 20 heavy (non-hydrogen) atoms. The van der Waals surface area contributed by atoms with Crippen LogP contribution >= 0.6 is 11.8 Å². The van der Waals surface area contributed by atoms with Crippen molar-refractivity contribution in [2.45, 2.75) is 19.1 Å². The monoisotopic (exact) mass is 299 g/mol. The van der Waals surface area contributed by atoms with Gasteiger partial charge in [0.1, 0.15) is 6.10 Å². The maximum Gasteiger partial charge on any atom is 0.337 e. The van der Waals surface area contributed by atoms with Gasteiger partial charge in [0, 0.05) is 23.9 Å². The molecule has 2 unspecified atom stereocenters. The minimum atomic E-state index is -1.23. The largest absolute Gasteiger partial charge is 0.465 e. The highest BCUT2D eigenvalue weighted by atomic mass is 32.2. The van der Waals surface area contributed by atoms with Crippen LogP contribution in [0, 0.1) is 0 Å². The molecule has 0 fully saturated rings. The minimum absolute atomic E-state index is 0.0642. The molecule has 0 amide bonds. The number of methoxy groups -OCH3 is 1. The van der Waals surface area contributed by atoms with Crippen LogP contribution in [-0.4, -0.2) is 40.3 Å². The maximum absolute atomic E-state index is 11.3. The highest BCUT2D eigenvalue weighted by Gasteiger charge is 2.22. The number of anilines is 1. The number of nitrogens with two attached hydrogens (primary N) is 1. The van der Waals surface area contributed by atoms with E-state index in [1.165, 1.54) is 32.2 Å². The second-order valence-corrected chi connectivity index (χ2v) is 5.35. The van der Waals surface area contributed by atoms with Crippen LogP contribution in [0.5, 0.6) is 0 Å². The van der Waals surface area contributed by atoms with Crippen LogP contribution < -0.4 is 5.73 Å². The number of carbonyl (C=O) groups excluding carboxylic acids is 2. The fraction of sp³-hybridized carbons (Fsp3) is 0.385. The first-order valence-electron chi connectivity index (χ1n) is 5.84. The Morgan fingerprint density at radius 1 is 1.40 bits per heavy atom. The fourth-order valence-corrected chi connectivity index (χ4v) is 2.18. The normalized spacial score (nSPS) is 13.6. The van der Waals surface area contributed by atoms with E-state index < -0.39 is 18.2 Å². The summed E-state index contributed by atoms with van der Waals surface area (Å²) in [5.74, 6) is -0.472. The first kappa shape index (κ1) is 16.5. The third-order valence-electron chi connectivity index (χ3n) is 2.65. The first-order chi connectivity index (χ1) is 9.36. The SMILES string of the molecule is COC(=O)c1ccc(C(O)C(O)CSC(C)=O)c(N)c1. The Balaban J connectivity index is 2.85. The summed E-state index contributed by atoms with van der Waals surface area (Å²) in [7, 11) is 1.25. The van der Waals surface area contributed by atoms with E-state index in [-0.39, 0.29) is 22.1 Å². The zero-order valence-electron chi connectivity index (χ0n) is 11.2. The average molecular weight is 299 g/mol. The average Bonchev–Trinajstić information content (AvgIpc) is 2.42. The molecular formula is C13H17NO5S. The number of benzene rings is 1. The van der Waals surface area contributed by atoms with E-state index in [2.05, 4.69) is 4.74 Å². The second kappa shape index (κ2) is 7.28. The van der Waals surface area contributed by atoms with E-state index in [0.29, 0.717) is 5.56 Å². The van der Waals surface area contributed by atoms with Crippen LogP contribution in [0.1, 0.15) is 28.9 Å². The fourth-order valence-electron chi connectivity index (χ4n) is 1.59. The number of aliphatic hydroxyl groups is 2. The highest BCUT2D eigenvalue weighted by molar-refractivity contribution is 8.13. The Kier molecular flexibility index (Phi) is 6.00. The van der Waals surface area contributed by atoms with Gasteiger partial charge in [-0.1, -0.05) is 17.8 Å². The third kappa shape index (κ3) is 4.22. The van der Waals surface area contributed by atoms with Crippen LogP contribution in [0.2, 0.25) is 0 Å². The summed E-state index contributed by atoms with van der Waals surface area (Å²) in [4.78, 5) is 22.1. The second-order valence-electron chi connectivity index (χ2n) is 4.15. The molecule has 0 aliphatic rings. The summed E-state index contributed by atoms with van der Waals surface area (Å²) in [6, 6.07) is 4.27. The van der Waals surface area contributed by atoms with Crippen molar-refractivity contribution in [3.8, 4) is 0 Å². The van der Waals surface area contributed by atoms with Crippen molar-refractivity contribution >= 4 is 28.5 Å². The molecular weight excluding hydrogens is 282 g/mol. The summed E-state index contributed by atoms with van der Waals surface area (Å²) in [5, 5.41) is 19.6. The van der Waals surface area contributed by atoms with E-state index in [4.69, 9.17) is 5.73 Å².